The average molecular weight is 639 g/mol. The Hall–Kier alpha value is -3.79. The Morgan fingerprint density at radius 3 is 2.14 bits per heavy atom. The second-order valence-corrected chi connectivity index (χ2v) is 7.84. The molecule has 0 aliphatic heterocycles. The number of fused-ring (bicyclic) bond motifs is 1. The third-order valence-electron chi connectivity index (χ3n) is 5.06. The maximum absolute atomic E-state index is 10.0. The summed E-state index contributed by atoms with van der Waals surface area (Å²) in [5, 5.41) is 9.40. The molecule has 1 N–H and O–H groups in total. The molecule has 2 heterocycles. The Morgan fingerprint density at radius 1 is 0.886 bits per heavy atom. The van der Waals surface area contributed by atoms with Crippen molar-refractivity contribution in [3.05, 3.63) is 115 Å². The molecule has 0 fully saturated rings. The molecule has 5 heteroatoms. The maximum atomic E-state index is 10.0. The van der Waals surface area contributed by atoms with E-state index in [9.17, 15) is 4.79 Å². The van der Waals surface area contributed by atoms with Crippen molar-refractivity contribution in [1.29, 1.82) is 0 Å². The number of aliphatic hydroxyl groups is 1. The van der Waals surface area contributed by atoms with Gasteiger partial charge in [-0.3, -0.25) is 4.79 Å². The number of nitrogens with zero attached hydrogens (tertiary/aromatic N) is 1. The monoisotopic (exact) mass is 639 g/mol. The van der Waals surface area contributed by atoms with E-state index in [0.717, 1.165) is 39.1 Å². The number of allylic oxidation sites excluding steroid dienone is 2. The van der Waals surface area contributed by atoms with Gasteiger partial charge in [0.05, 0.1) is 12.0 Å². The smallest absolute Gasteiger partial charge is 0.155 e. The Kier molecular flexibility index (Phi) is 8.91. The number of rotatable bonds is 4. The van der Waals surface area contributed by atoms with Crippen molar-refractivity contribution in [2.75, 3.05) is 0 Å². The fourth-order valence-electron chi connectivity index (χ4n) is 3.56. The van der Waals surface area contributed by atoms with Crippen molar-refractivity contribution in [1.82, 2.24) is 4.98 Å². The Labute approximate surface area is 218 Å². The first kappa shape index (κ1) is 25.8. The first-order chi connectivity index (χ1) is 16.5. The zero-order chi connectivity index (χ0) is 23.9. The van der Waals surface area contributed by atoms with Gasteiger partial charge in [0.15, 0.2) is 11.4 Å². The molecular weight excluding hydrogens is 615 g/mol. The quantitative estimate of drug-likeness (QED) is 0.125. The standard InChI is InChI=1S/C25H16NO.C5H8O2.Ir/c1-3-8-18(9-4-1)20-12-7-13-21(14-20)23-15-22-16-24(27-25(22)17-26-23)19-10-5-2-6-11-19;1-4(6)3-5(2)7;/h1-12,14-17H;3,6H,1-2H3;/q-1;;. The van der Waals surface area contributed by atoms with Crippen LogP contribution in [0.5, 0.6) is 0 Å². The predicted molar refractivity (Wildman–Crippen MR) is 136 cm³/mol. The molecule has 2 aromatic heterocycles. The van der Waals surface area contributed by atoms with Gasteiger partial charge in [-0.2, -0.15) is 0 Å². The fraction of sp³-hybridized carbons (Fsp3) is 0.0667. The number of carbonyl (C=O) groups excluding carboxylic acids is 1. The number of aromatic nitrogens is 1. The Morgan fingerprint density at radius 2 is 1.54 bits per heavy atom. The van der Waals surface area contributed by atoms with E-state index in [0.29, 0.717) is 0 Å². The zero-order valence-corrected chi connectivity index (χ0v) is 21.8. The van der Waals surface area contributed by atoms with Crippen LogP contribution in [0, 0.1) is 6.07 Å². The number of carbonyl (C=O) groups is 1. The summed E-state index contributed by atoms with van der Waals surface area (Å²) in [5.41, 5.74) is 6.05. The van der Waals surface area contributed by atoms with Crippen LogP contribution in [0.2, 0.25) is 0 Å². The molecule has 0 unspecified atom stereocenters. The Balaban J connectivity index is 0.000000378. The zero-order valence-electron chi connectivity index (χ0n) is 19.4. The number of hydrogen-bond acceptors (Lipinski definition) is 4. The molecule has 35 heavy (non-hydrogen) atoms. The molecule has 4 nitrogen and oxygen atoms in total. The molecule has 5 aromatic rings. The van der Waals surface area contributed by atoms with Crippen LogP contribution in [0.25, 0.3) is 44.7 Å². The molecule has 0 spiro atoms. The van der Waals surface area contributed by atoms with Crippen molar-refractivity contribution in [2.45, 2.75) is 13.8 Å². The van der Waals surface area contributed by atoms with Crippen LogP contribution in [0.3, 0.4) is 0 Å². The van der Waals surface area contributed by atoms with E-state index in [1.165, 1.54) is 25.5 Å². The minimum atomic E-state index is -0.125. The summed E-state index contributed by atoms with van der Waals surface area (Å²) in [6, 6.07) is 34.0. The van der Waals surface area contributed by atoms with Gasteiger partial charge in [0, 0.05) is 37.1 Å². The topological polar surface area (TPSA) is 63.3 Å². The number of aliphatic hydroxyl groups excluding tert-OH is 1. The van der Waals surface area contributed by atoms with Crippen molar-refractivity contribution >= 4 is 16.8 Å². The molecule has 0 saturated heterocycles. The van der Waals surface area contributed by atoms with E-state index < -0.39 is 0 Å². The second kappa shape index (κ2) is 12.1. The number of pyridine rings is 1. The van der Waals surface area contributed by atoms with Gasteiger partial charge >= 0.3 is 0 Å². The maximum Gasteiger partial charge on any atom is 0.155 e. The predicted octanol–water partition coefficient (Wildman–Crippen LogP) is 7.66. The first-order valence-electron chi connectivity index (χ1n) is 10.9. The van der Waals surface area contributed by atoms with Crippen LogP contribution < -0.4 is 0 Å². The van der Waals surface area contributed by atoms with Crippen LogP contribution >= 0.6 is 0 Å². The summed E-state index contributed by atoms with van der Waals surface area (Å²) in [5.74, 6) is 0.791. The average Bonchev–Trinajstić information content (AvgIpc) is 3.28. The molecule has 0 atom stereocenters. The van der Waals surface area contributed by atoms with Crippen LogP contribution in [-0.2, 0) is 24.9 Å². The molecule has 3 aromatic carbocycles. The van der Waals surface area contributed by atoms with Gasteiger partial charge in [-0.15, -0.1) is 35.4 Å². The molecule has 0 bridgehead atoms. The second-order valence-electron chi connectivity index (χ2n) is 7.84. The van der Waals surface area contributed by atoms with Crippen LogP contribution in [0.4, 0.5) is 0 Å². The summed E-state index contributed by atoms with van der Waals surface area (Å²) in [4.78, 5) is 14.6. The number of furan rings is 1. The van der Waals surface area contributed by atoms with E-state index in [4.69, 9.17) is 9.52 Å². The van der Waals surface area contributed by atoms with Gasteiger partial charge in [0.1, 0.15) is 5.76 Å². The van der Waals surface area contributed by atoms with E-state index in [1.807, 2.05) is 54.6 Å². The summed E-state index contributed by atoms with van der Waals surface area (Å²) in [6.07, 6.45) is 2.96. The number of hydrogen-bond donors (Lipinski definition) is 1. The van der Waals surface area contributed by atoms with Gasteiger partial charge in [-0.25, -0.2) is 0 Å². The SMILES string of the molecule is CC(=O)C=C(C)O.[Ir].[c-]1ccc(-c2ccccc2)cc1-c1cc2cc(-c3ccccc3)oc2cn1. The molecular formula is C30H24IrNO3-. The molecule has 1 radical (unpaired) electrons. The van der Waals surface area contributed by atoms with E-state index in [2.05, 4.69) is 47.4 Å². The van der Waals surface area contributed by atoms with E-state index >= 15 is 0 Å². The first-order valence-corrected chi connectivity index (χ1v) is 10.9. The van der Waals surface area contributed by atoms with Gasteiger partial charge in [-0.1, -0.05) is 66.7 Å². The van der Waals surface area contributed by atoms with Crippen LogP contribution in [-0.4, -0.2) is 15.9 Å². The van der Waals surface area contributed by atoms with E-state index in [-0.39, 0.29) is 31.6 Å². The van der Waals surface area contributed by atoms with Crippen molar-refractivity contribution < 1.29 is 34.4 Å². The Bertz CT molecular complexity index is 1440. The molecule has 5 rings (SSSR count). The molecule has 0 amide bonds. The molecule has 0 saturated carbocycles. The van der Waals surface area contributed by atoms with Crippen molar-refractivity contribution in [3.8, 4) is 33.7 Å². The van der Waals surface area contributed by atoms with Gasteiger partial charge < -0.3 is 14.5 Å². The third-order valence-corrected chi connectivity index (χ3v) is 5.06. The van der Waals surface area contributed by atoms with Gasteiger partial charge in [0.2, 0.25) is 0 Å². The third kappa shape index (κ3) is 6.86. The minimum absolute atomic E-state index is 0. The van der Waals surface area contributed by atoms with Crippen molar-refractivity contribution in [2.24, 2.45) is 0 Å². The van der Waals surface area contributed by atoms with Crippen LogP contribution in [0.15, 0.2) is 113 Å². The molecule has 0 aliphatic carbocycles. The summed E-state index contributed by atoms with van der Waals surface area (Å²) in [6.45, 7) is 2.85. The van der Waals surface area contributed by atoms with Crippen molar-refractivity contribution in [3.63, 3.8) is 0 Å². The normalized spacial score (nSPS) is 10.7. The molecule has 177 valence electrons. The number of ketones is 1. The van der Waals surface area contributed by atoms with Gasteiger partial charge in [-0.05, 0) is 31.2 Å². The summed E-state index contributed by atoms with van der Waals surface area (Å²) >= 11 is 0. The number of benzene rings is 3. The van der Waals surface area contributed by atoms with E-state index in [1.54, 1.807) is 6.20 Å². The summed E-state index contributed by atoms with van der Waals surface area (Å²) in [7, 11) is 0. The molecule has 0 aliphatic rings. The van der Waals surface area contributed by atoms with Gasteiger partial charge in [0.25, 0.3) is 0 Å². The summed E-state index contributed by atoms with van der Waals surface area (Å²) < 4.78 is 5.97. The van der Waals surface area contributed by atoms with Crippen LogP contribution in [0.1, 0.15) is 13.8 Å². The fourth-order valence-corrected chi connectivity index (χ4v) is 3.56. The largest absolute Gasteiger partial charge is 0.512 e. The minimum Gasteiger partial charge on any atom is -0.512 e.